The number of rotatable bonds is 7. The molecule has 0 unspecified atom stereocenters. The molecule has 3 aliphatic rings. The van der Waals surface area contributed by atoms with Gasteiger partial charge in [0, 0.05) is 62.5 Å². The van der Waals surface area contributed by atoms with Crippen LogP contribution in [-0.2, 0) is 9.47 Å². The van der Waals surface area contributed by atoms with Crippen LogP contribution in [0.1, 0.15) is 44.6 Å². The van der Waals surface area contributed by atoms with Gasteiger partial charge in [-0.05, 0) is 50.7 Å². The van der Waals surface area contributed by atoms with Crippen LogP contribution in [0, 0.1) is 0 Å². The van der Waals surface area contributed by atoms with Gasteiger partial charge in [-0.3, -0.25) is 19.7 Å². The topological polar surface area (TPSA) is 131 Å². The summed E-state index contributed by atoms with van der Waals surface area (Å²) < 4.78 is 13.1. The second-order valence-electron chi connectivity index (χ2n) is 10.9. The highest BCUT2D eigenvalue weighted by molar-refractivity contribution is 5.99. The number of H-pyrrole nitrogens is 1. The van der Waals surface area contributed by atoms with Crippen molar-refractivity contribution in [3.8, 4) is 11.3 Å². The van der Waals surface area contributed by atoms with E-state index in [1.165, 1.54) is 12.8 Å². The maximum atomic E-state index is 5.56. The van der Waals surface area contributed by atoms with Crippen LogP contribution in [0.25, 0.3) is 22.3 Å². The summed E-state index contributed by atoms with van der Waals surface area (Å²) in [5.41, 5.74) is 3.26. The Balaban J connectivity index is 1.14. The van der Waals surface area contributed by atoms with Crippen LogP contribution in [0.2, 0.25) is 0 Å². The molecule has 4 aromatic rings. The zero-order valence-electron chi connectivity index (χ0n) is 22.6. The molecule has 12 nitrogen and oxygen atoms in total. The van der Waals surface area contributed by atoms with Crippen LogP contribution < -0.4 is 10.6 Å². The molecule has 210 valence electrons. The molecule has 2 saturated heterocycles. The molecule has 6 heterocycles. The van der Waals surface area contributed by atoms with Gasteiger partial charge in [0.25, 0.3) is 0 Å². The van der Waals surface area contributed by atoms with Gasteiger partial charge >= 0.3 is 0 Å². The minimum absolute atomic E-state index is 0.330. The van der Waals surface area contributed by atoms with E-state index in [4.69, 9.17) is 19.4 Å². The average molecular weight is 545 g/mol. The minimum Gasteiger partial charge on any atom is -0.381 e. The van der Waals surface area contributed by atoms with Crippen molar-refractivity contribution in [3.05, 3.63) is 36.9 Å². The van der Waals surface area contributed by atoms with Crippen molar-refractivity contribution < 1.29 is 9.47 Å². The van der Waals surface area contributed by atoms with Gasteiger partial charge in [0.05, 0.1) is 36.5 Å². The van der Waals surface area contributed by atoms with Crippen LogP contribution in [-0.4, -0.2) is 91.4 Å². The van der Waals surface area contributed by atoms with Gasteiger partial charge in [0.1, 0.15) is 11.5 Å². The molecule has 3 N–H and O–H groups in total. The number of morpholine rings is 1. The molecule has 0 aromatic carbocycles. The first-order chi connectivity index (χ1) is 19.8. The van der Waals surface area contributed by atoms with Crippen molar-refractivity contribution in [2.24, 2.45) is 0 Å². The first-order valence-electron chi connectivity index (χ1n) is 14.4. The molecule has 0 atom stereocenters. The lowest BCUT2D eigenvalue weighted by Crippen LogP contribution is -2.46. The summed E-state index contributed by atoms with van der Waals surface area (Å²) in [6.45, 7) is 5.32. The fourth-order valence-corrected chi connectivity index (χ4v) is 6.21. The highest BCUT2D eigenvalue weighted by atomic mass is 16.5. The predicted octanol–water partition coefficient (Wildman–Crippen LogP) is 3.76. The summed E-state index contributed by atoms with van der Waals surface area (Å²) in [4.78, 5) is 16.7. The van der Waals surface area contributed by atoms with Crippen LogP contribution in [0.5, 0.6) is 0 Å². The van der Waals surface area contributed by atoms with Gasteiger partial charge in [0.15, 0.2) is 5.65 Å². The number of aromatic amines is 1. The predicted molar refractivity (Wildman–Crippen MR) is 152 cm³/mol. The van der Waals surface area contributed by atoms with Crippen LogP contribution in [0.4, 0.5) is 17.5 Å². The summed E-state index contributed by atoms with van der Waals surface area (Å²) in [6, 6.07) is 5.25. The van der Waals surface area contributed by atoms with Crippen molar-refractivity contribution in [1.82, 2.24) is 39.8 Å². The monoisotopic (exact) mass is 544 g/mol. The molecule has 0 spiro atoms. The summed E-state index contributed by atoms with van der Waals surface area (Å²) in [6.07, 6.45) is 13.9. The van der Waals surface area contributed by atoms with E-state index in [-0.39, 0.29) is 0 Å². The molecule has 1 aliphatic carbocycles. The summed E-state index contributed by atoms with van der Waals surface area (Å²) in [7, 11) is 0. The highest BCUT2D eigenvalue weighted by Crippen LogP contribution is 2.34. The van der Waals surface area contributed by atoms with Gasteiger partial charge in [-0.15, -0.1) is 0 Å². The molecule has 40 heavy (non-hydrogen) atoms. The lowest BCUT2D eigenvalue weighted by atomic mass is 9.90. The Morgan fingerprint density at radius 3 is 2.52 bits per heavy atom. The Labute approximate surface area is 232 Å². The van der Waals surface area contributed by atoms with Crippen LogP contribution >= 0.6 is 0 Å². The Morgan fingerprint density at radius 1 is 0.900 bits per heavy atom. The first kappa shape index (κ1) is 25.4. The third-order valence-electron chi connectivity index (χ3n) is 8.38. The summed E-state index contributed by atoms with van der Waals surface area (Å²) in [5, 5.41) is 20.4. The second kappa shape index (κ2) is 11.5. The van der Waals surface area contributed by atoms with Crippen molar-refractivity contribution in [3.63, 3.8) is 0 Å². The Morgan fingerprint density at radius 2 is 1.73 bits per heavy atom. The fraction of sp³-hybridized carbons (Fsp3) is 0.536. The molecule has 1 saturated carbocycles. The lowest BCUT2D eigenvalue weighted by Gasteiger charge is -2.39. The average Bonchev–Trinajstić information content (AvgIpc) is 3.67. The lowest BCUT2D eigenvalue weighted by molar-refractivity contribution is 0.00791. The molecule has 0 amide bonds. The van der Waals surface area contributed by atoms with Gasteiger partial charge in [-0.1, -0.05) is 0 Å². The van der Waals surface area contributed by atoms with Crippen molar-refractivity contribution in [2.75, 3.05) is 50.2 Å². The zero-order valence-corrected chi connectivity index (χ0v) is 22.6. The normalized spacial score (nSPS) is 22.9. The Hall–Kier alpha value is -3.61. The summed E-state index contributed by atoms with van der Waals surface area (Å²) in [5.74, 6) is 1.29. The van der Waals surface area contributed by atoms with Crippen LogP contribution in [0.3, 0.4) is 0 Å². The van der Waals surface area contributed by atoms with E-state index in [2.05, 4.69) is 35.8 Å². The number of nitrogens with one attached hydrogen (secondary N) is 3. The number of hydrogen-bond donors (Lipinski definition) is 3. The van der Waals surface area contributed by atoms with E-state index in [9.17, 15) is 0 Å². The van der Waals surface area contributed by atoms with E-state index in [0.29, 0.717) is 29.7 Å². The summed E-state index contributed by atoms with van der Waals surface area (Å²) >= 11 is 0. The van der Waals surface area contributed by atoms with Gasteiger partial charge < -0.3 is 20.1 Å². The maximum absolute atomic E-state index is 5.56. The molecule has 0 bridgehead atoms. The SMILES string of the molecule is c1cncc(-c2n[nH]c3nc(Nc4cnn(C5CCOCC5)c4)nc(NC4CCC(N5CCOCC5)CC4)c23)c1. The quantitative estimate of drug-likeness (QED) is 0.316. The zero-order chi connectivity index (χ0) is 26.7. The van der Waals surface area contributed by atoms with E-state index >= 15 is 0 Å². The molecule has 12 heteroatoms. The first-order valence-corrected chi connectivity index (χ1v) is 14.4. The molecular formula is C28H36N10O2. The number of aromatic nitrogens is 7. The molecule has 4 aromatic heterocycles. The van der Waals surface area contributed by atoms with E-state index in [1.54, 1.807) is 6.20 Å². The van der Waals surface area contributed by atoms with Gasteiger partial charge in [-0.2, -0.15) is 20.2 Å². The smallest absolute Gasteiger partial charge is 0.231 e. The van der Waals surface area contributed by atoms with Gasteiger partial charge in [-0.25, -0.2) is 0 Å². The molecule has 7 rings (SSSR count). The van der Waals surface area contributed by atoms with Crippen molar-refractivity contribution in [1.29, 1.82) is 0 Å². The number of anilines is 3. The van der Waals surface area contributed by atoms with E-state index in [0.717, 1.165) is 93.3 Å². The van der Waals surface area contributed by atoms with Gasteiger partial charge in [0.2, 0.25) is 5.95 Å². The molecule has 2 aliphatic heterocycles. The number of fused-ring (bicyclic) bond motifs is 1. The molecule has 0 radical (unpaired) electrons. The van der Waals surface area contributed by atoms with Crippen LogP contribution in [0.15, 0.2) is 36.9 Å². The largest absolute Gasteiger partial charge is 0.381 e. The number of nitrogens with zero attached hydrogens (tertiary/aromatic N) is 7. The highest BCUT2D eigenvalue weighted by Gasteiger charge is 2.28. The Kier molecular flexibility index (Phi) is 7.28. The molecular weight excluding hydrogens is 508 g/mol. The van der Waals surface area contributed by atoms with Crippen molar-refractivity contribution >= 4 is 28.5 Å². The van der Waals surface area contributed by atoms with E-state index < -0.39 is 0 Å². The number of hydrogen-bond acceptors (Lipinski definition) is 10. The maximum Gasteiger partial charge on any atom is 0.231 e. The second-order valence-corrected chi connectivity index (χ2v) is 10.9. The fourth-order valence-electron chi connectivity index (χ4n) is 6.21. The standard InChI is InChI=1S/C28H36N10O2/c1-2-19(16-29-9-1)25-24-26(31-20-3-5-22(6-4-20)37-10-14-40-15-11-37)33-28(34-27(24)36-35-25)32-21-17-30-38(18-21)23-7-12-39-13-8-23/h1-2,9,16-18,20,22-23H,3-8,10-15H2,(H3,31,32,33,34,35,36). The third kappa shape index (κ3) is 5.38. The third-order valence-corrected chi connectivity index (χ3v) is 8.38. The number of ether oxygens (including phenoxy) is 2. The Bertz CT molecular complexity index is 1400. The van der Waals surface area contributed by atoms with E-state index in [1.807, 2.05) is 35.4 Å². The van der Waals surface area contributed by atoms with Crippen molar-refractivity contribution in [2.45, 2.75) is 56.7 Å². The molecule has 3 fully saturated rings. The minimum atomic E-state index is 0.330. The number of pyridine rings is 1.